The normalized spacial score (nSPS) is 14.1. The second-order valence-electron chi connectivity index (χ2n) is 8.76. The maximum Gasteiger partial charge on any atom is 0.234 e. The van der Waals surface area contributed by atoms with Gasteiger partial charge in [-0.3, -0.25) is 9.36 Å². The molecule has 1 saturated carbocycles. The summed E-state index contributed by atoms with van der Waals surface area (Å²) < 4.78 is 2.26. The van der Waals surface area contributed by atoms with Crippen LogP contribution in [0.5, 0.6) is 0 Å². The number of hydrogen-bond acceptors (Lipinski definition) is 4. The molecule has 0 aliphatic heterocycles. The number of thioether (sulfide) groups is 1. The molecule has 5 nitrogen and oxygen atoms in total. The standard InChI is InChI=1S/C28H27ClN4OS/c29-23-15-17-24(18-16-23)30-26(34)19-35-28-32-31-27(33(28)25-9-5-2-6-10-25)22-13-11-21(12-14-22)20-7-3-1-4-8-20/h1,3-4,7-8,11-18,25H,2,5-6,9-10,19H2,(H,30,34). The number of rotatable bonds is 7. The Morgan fingerprint density at radius 3 is 2.23 bits per heavy atom. The number of carbonyl (C=O) groups excluding carboxylic acids is 1. The largest absolute Gasteiger partial charge is 0.325 e. The Bertz CT molecular complexity index is 1270. The van der Waals surface area contributed by atoms with E-state index < -0.39 is 0 Å². The van der Waals surface area contributed by atoms with Crippen LogP contribution in [0.3, 0.4) is 0 Å². The third kappa shape index (κ3) is 5.77. The number of halogens is 1. The molecule has 1 aliphatic rings. The van der Waals surface area contributed by atoms with Crippen molar-refractivity contribution < 1.29 is 4.79 Å². The van der Waals surface area contributed by atoms with Crippen LogP contribution in [0.1, 0.15) is 38.1 Å². The minimum atomic E-state index is -0.0794. The summed E-state index contributed by atoms with van der Waals surface area (Å²) in [5.74, 6) is 1.06. The molecule has 0 spiro atoms. The van der Waals surface area contributed by atoms with Gasteiger partial charge in [0.1, 0.15) is 0 Å². The Morgan fingerprint density at radius 1 is 0.857 bits per heavy atom. The molecule has 0 radical (unpaired) electrons. The van der Waals surface area contributed by atoms with Crippen LogP contribution in [0.2, 0.25) is 5.02 Å². The lowest BCUT2D eigenvalue weighted by atomic mass is 9.95. The fourth-order valence-electron chi connectivity index (χ4n) is 4.54. The van der Waals surface area contributed by atoms with Crippen molar-refractivity contribution in [2.45, 2.75) is 43.3 Å². The van der Waals surface area contributed by atoms with E-state index in [1.165, 1.54) is 42.2 Å². The number of anilines is 1. The molecule has 1 fully saturated rings. The van der Waals surface area contributed by atoms with Crippen LogP contribution in [0.4, 0.5) is 5.69 Å². The van der Waals surface area contributed by atoms with E-state index in [2.05, 4.69) is 68.6 Å². The average Bonchev–Trinajstić information content (AvgIpc) is 3.34. The predicted molar refractivity (Wildman–Crippen MR) is 144 cm³/mol. The molecule has 0 unspecified atom stereocenters. The third-order valence-corrected chi connectivity index (χ3v) is 7.51. The first kappa shape index (κ1) is 23.6. The summed E-state index contributed by atoms with van der Waals surface area (Å²) in [6.45, 7) is 0. The fourth-order valence-corrected chi connectivity index (χ4v) is 5.47. The first-order chi connectivity index (χ1) is 17.2. The Hall–Kier alpha value is -3.09. The quantitative estimate of drug-likeness (QED) is 0.266. The van der Waals surface area contributed by atoms with Crippen LogP contribution >= 0.6 is 23.4 Å². The highest BCUT2D eigenvalue weighted by molar-refractivity contribution is 7.99. The zero-order valence-corrected chi connectivity index (χ0v) is 20.9. The van der Waals surface area contributed by atoms with Crippen molar-refractivity contribution in [3.05, 3.63) is 83.9 Å². The molecular formula is C28H27ClN4OS. The highest BCUT2D eigenvalue weighted by Gasteiger charge is 2.24. The van der Waals surface area contributed by atoms with Gasteiger partial charge in [-0.05, 0) is 48.2 Å². The third-order valence-electron chi connectivity index (χ3n) is 6.31. The van der Waals surface area contributed by atoms with Crippen LogP contribution in [0.25, 0.3) is 22.5 Å². The summed E-state index contributed by atoms with van der Waals surface area (Å²) in [6.07, 6.45) is 5.90. The van der Waals surface area contributed by atoms with Crippen LogP contribution in [-0.2, 0) is 4.79 Å². The number of aromatic nitrogens is 3. The number of amides is 1. The SMILES string of the molecule is O=C(CSc1nnc(-c2ccc(-c3ccccc3)cc2)n1C1CCCCC1)Nc1ccc(Cl)cc1. The highest BCUT2D eigenvalue weighted by atomic mass is 35.5. The van der Waals surface area contributed by atoms with E-state index in [-0.39, 0.29) is 11.7 Å². The summed E-state index contributed by atoms with van der Waals surface area (Å²) in [5, 5.41) is 13.5. The predicted octanol–water partition coefficient (Wildman–Crippen LogP) is 7.50. The Morgan fingerprint density at radius 2 is 1.51 bits per heavy atom. The Balaban J connectivity index is 1.36. The van der Waals surface area contributed by atoms with Crippen LogP contribution in [0.15, 0.2) is 84.0 Å². The Kier molecular flexibility index (Phi) is 7.50. The molecule has 1 heterocycles. The summed E-state index contributed by atoms with van der Waals surface area (Å²) in [4.78, 5) is 12.6. The molecule has 0 bridgehead atoms. The van der Waals surface area contributed by atoms with Gasteiger partial charge in [0.2, 0.25) is 5.91 Å². The second kappa shape index (κ2) is 11.1. The van der Waals surface area contributed by atoms with Gasteiger partial charge < -0.3 is 5.32 Å². The van der Waals surface area contributed by atoms with Crippen molar-refractivity contribution >= 4 is 35.0 Å². The summed E-state index contributed by atoms with van der Waals surface area (Å²) >= 11 is 7.38. The molecule has 0 saturated heterocycles. The molecule has 3 aromatic carbocycles. The smallest absolute Gasteiger partial charge is 0.234 e. The monoisotopic (exact) mass is 502 g/mol. The lowest BCUT2D eigenvalue weighted by Crippen LogP contribution is -2.17. The van der Waals surface area contributed by atoms with Crippen molar-refractivity contribution in [1.82, 2.24) is 14.8 Å². The number of carbonyl (C=O) groups is 1. The molecule has 0 atom stereocenters. The number of nitrogens with zero attached hydrogens (tertiary/aromatic N) is 3. The van der Waals surface area contributed by atoms with Gasteiger partial charge in [0.05, 0.1) is 5.75 Å². The summed E-state index contributed by atoms with van der Waals surface area (Å²) in [6, 6.07) is 26.3. The topological polar surface area (TPSA) is 59.8 Å². The lowest BCUT2D eigenvalue weighted by Gasteiger charge is -2.25. The molecule has 1 N–H and O–H groups in total. The number of nitrogens with one attached hydrogen (secondary N) is 1. The highest BCUT2D eigenvalue weighted by Crippen LogP contribution is 2.36. The minimum absolute atomic E-state index is 0.0794. The molecule has 178 valence electrons. The van der Waals surface area contributed by atoms with Gasteiger partial charge in [0.25, 0.3) is 0 Å². The van der Waals surface area contributed by atoms with Gasteiger partial charge >= 0.3 is 0 Å². The maximum absolute atomic E-state index is 12.6. The van der Waals surface area contributed by atoms with E-state index in [0.29, 0.717) is 11.1 Å². The fraction of sp³-hybridized carbons (Fsp3) is 0.250. The van der Waals surface area contributed by atoms with Gasteiger partial charge in [0, 0.05) is 22.3 Å². The molecule has 1 amide bonds. The summed E-state index contributed by atoms with van der Waals surface area (Å²) in [7, 11) is 0. The first-order valence-electron chi connectivity index (χ1n) is 12.0. The molecule has 7 heteroatoms. The van der Waals surface area contributed by atoms with E-state index in [4.69, 9.17) is 11.6 Å². The second-order valence-corrected chi connectivity index (χ2v) is 10.1. The van der Waals surface area contributed by atoms with Gasteiger partial charge in [-0.25, -0.2) is 0 Å². The summed E-state index contributed by atoms with van der Waals surface area (Å²) in [5.41, 5.74) is 4.13. The zero-order valence-electron chi connectivity index (χ0n) is 19.4. The molecule has 1 aromatic heterocycles. The molecule has 1 aliphatic carbocycles. The van der Waals surface area contributed by atoms with E-state index in [1.807, 2.05) is 6.07 Å². The molecule has 5 rings (SSSR count). The first-order valence-corrected chi connectivity index (χ1v) is 13.3. The average molecular weight is 503 g/mol. The van der Waals surface area contributed by atoms with Crippen LogP contribution < -0.4 is 5.32 Å². The maximum atomic E-state index is 12.6. The molecule has 35 heavy (non-hydrogen) atoms. The zero-order chi connectivity index (χ0) is 24.0. The van der Waals surface area contributed by atoms with Crippen LogP contribution in [-0.4, -0.2) is 26.4 Å². The molecular weight excluding hydrogens is 476 g/mol. The van der Waals surface area contributed by atoms with Gasteiger partial charge in [-0.2, -0.15) is 0 Å². The van der Waals surface area contributed by atoms with Crippen molar-refractivity contribution in [3.63, 3.8) is 0 Å². The van der Waals surface area contributed by atoms with Gasteiger partial charge in [-0.1, -0.05) is 97.2 Å². The lowest BCUT2D eigenvalue weighted by molar-refractivity contribution is -0.113. The van der Waals surface area contributed by atoms with Gasteiger partial charge in [-0.15, -0.1) is 10.2 Å². The number of benzene rings is 3. The van der Waals surface area contributed by atoms with Crippen LogP contribution in [0, 0.1) is 0 Å². The van der Waals surface area contributed by atoms with Crippen molar-refractivity contribution in [1.29, 1.82) is 0 Å². The molecule has 4 aromatic rings. The van der Waals surface area contributed by atoms with Crippen molar-refractivity contribution in [2.24, 2.45) is 0 Å². The number of hydrogen-bond donors (Lipinski definition) is 1. The Labute approximate surface area is 214 Å². The van der Waals surface area contributed by atoms with Crippen molar-refractivity contribution in [3.8, 4) is 22.5 Å². The van der Waals surface area contributed by atoms with Gasteiger partial charge in [0.15, 0.2) is 11.0 Å². The van der Waals surface area contributed by atoms with E-state index in [1.54, 1.807) is 24.3 Å². The van der Waals surface area contributed by atoms with E-state index >= 15 is 0 Å². The van der Waals surface area contributed by atoms with Crippen molar-refractivity contribution in [2.75, 3.05) is 11.1 Å². The minimum Gasteiger partial charge on any atom is -0.325 e. The van der Waals surface area contributed by atoms with E-state index in [9.17, 15) is 4.79 Å². The van der Waals surface area contributed by atoms with E-state index in [0.717, 1.165) is 35.1 Å².